The van der Waals surface area contributed by atoms with E-state index in [-0.39, 0.29) is 22.2 Å². The van der Waals surface area contributed by atoms with Gasteiger partial charge < -0.3 is 14.7 Å². The molecule has 2 aliphatic rings. The van der Waals surface area contributed by atoms with Crippen LogP contribution in [0.1, 0.15) is 134 Å². The van der Waals surface area contributed by atoms with Gasteiger partial charge in [0.05, 0.1) is 0 Å². The van der Waals surface area contributed by atoms with Gasteiger partial charge in [-0.3, -0.25) is 9.80 Å². The number of piperidine rings is 2. The molecule has 0 unspecified atom stereocenters. The van der Waals surface area contributed by atoms with Gasteiger partial charge in [-0.25, -0.2) is 0 Å². The van der Waals surface area contributed by atoms with Crippen molar-refractivity contribution in [3.63, 3.8) is 0 Å². The van der Waals surface area contributed by atoms with Crippen LogP contribution in [0, 0.1) is 0 Å². The van der Waals surface area contributed by atoms with Gasteiger partial charge in [0.1, 0.15) is 0 Å². The molecule has 8 heteroatoms. The average molecular weight is 601 g/mol. The number of aromatic nitrogens is 3. The Hall–Kier alpha value is -1.67. The van der Waals surface area contributed by atoms with E-state index in [1.165, 1.54) is 0 Å². The Morgan fingerprint density at radius 3 is 1.19 bits per heavy atom. The zero-order valence-electron chi connectivity index (χ0n) is 30.7. The van der Waals surface area contributed by atoms with Gasteiger partial charge in [0, 0.05) is 60.9 Å². The van der Waals surface area contributed by atoms with Crippen LogP contribution in [0.15, 0.2) is 0 Å². The highest BCUT2D eigenvalue weighted by atomic mass is 15.4. The van der Waals surface area contributed by atoms with Gasteiger partial charge in [0.25, 0.3) is 0 Å². The number of rotatable bonds is 13. The maximum Gasteiger partial charge on any atom is 0.232 e. The highest BCUT2D eigenvalue weighted by molar-refractivity contribution is 5.48. The first-order valence-corrected chi connectivity index (χ1v) is 17.4. The molecule has 2 fully saturated rings. The lowest BCUT2D eigenvalue weighted by molar-refractivity contribution is -0.0130. The fraction of sp³-hybridized carbons (Fsp3) is 0.914. The molecule has 248 valence electrons. The summed E-state index contributed by atoms with van der Waals surface area (Å²) in [6, 6.07) is 0.746. The van der Waals surface area contributed by atoms with Gasteiger partial charge in [0.15, 0.2) is 0 Å². The maximum absolute atomic E-state index is 5.44. The molecule has 0 saturated carbocycles. The van der Waals surface area contributed by atoms with Gasteiger partial charge in [-0.2, -0.15) is 15.0 Å². The zero-order chi connectivity index (χ0) is 32.4. The van der Waals surface area contributed by atoms with Gasteiger partial charge in [0.2, 0.25) is 17.8 Å². The van der Waals surface area contributed by atoms with Crippen molar-refractivity contribution < 1.29 is 0 Å². The Labute approximate surface area is 266 Å². The van der Waals surface area contributed by atoms with Crippen molar-refractivity contribution >= 4 is 17.8 Å². The Kier molecular flexibility index (Phi) is 11.5. The average Bonchev–Trinajstić information content (AvgIpc) is 2.90. The lowest BCUT2D eigenvalue weighted by Gasteiger charge is -2.56. The van der Waals surface area contributed by atoms with Crippen LogP contribution < -0.4 is 14.7 Å². The molecule has 0 radical (unpaired) electrons. The van der Waals surface area contributed by atoms with Crippen LogP contribution in [-0.2, 0) is 0 Å². The molecule has 0 amide bonds. The summed E-state index contributed by atoms with van der Waals surface area (Å²) in [6.45, 7) is 28.9. The summed E-state index contributed by atoms with van der Waals surface area (Å²) >= 11 is 0. The standard InChI is InChI=1S/C35H68N8/c1-15-18-21-42(27-23-32(4,5)40(13)33(6,7)24-27)30-36-29(39(12)20-17-3)37-31(38-30)43(22-19-16-2)28-25-34(8,9)41(14)35(10,11)26-28/h27-28H,15-26H2,1-14H3. The van der Waals surface area contributed by atoms with E-state index in [9.17, 15) is 0 Å². The molecule has 0 atom stereocenters. The fourth-order valence-corrected chi connectivity index (χ4v) is 7.83. The van der Waals surface area contributed by atoms with Gasteiger partial charge in [-0.15, -0.1) is 0 Å². The van der Waals surface area contributed by atoms with Gasteiger partial charge in [-0.05, 0) is 114 Å². The van der Waals surface area contributed by atoms with E-state index >= 15 is 0 Å². The topological polar surface area (TPSA) is 54.9 Å². The van der Waals surface area contributed by atoms with Crippen molar-refractivity contribution in [1.82, 2.24) is 24.8 Å². The van der Waals surface area contributed by atoms with Crippen molar-refractivity contribution in [3.05, 3.63) is 0 Å². The highest BCUT2D eigenvalue weighted by Gasteiger charge is 2.47. The van der Waals surface area contributed by atoms with E-state index in [4.69, 9.17) is 15.0 Å². The first-order chi connectivity index (χ1) is 19.9. The third-order valence-electron chi connectivity index (χ3n) is 11.0. The minimum absolute atomic E-state index is 0.0903. The summed E-state index contributed by atoms with van der Waals surface area (Å²) in [5.41, 5.74) is 0.361. The molecule has 0 bridgehead atoms. The number of unbranched alkanes of at least 4 members (excludes halogenated alkanes) is 2. The number of nitrogens with zero attached hydrogens (tertiary/aromatic N) is 8. The summed E-state index contributed by atoms with van der Waals surface area (Å²) in [6.07, 6.45) is 9.99. The van der Waals surface area contributed by atoms with Crippen molar-refractivity contribution in [2.75, 3.05) is 55.5 Å². The van der Waals surface area contributed by atoms with Gasteiger partial charge >= 0.3 is 0 Å². The van der Waals surface area contributed by atoms with Crippen molar-refractivity contribution in [2.24, 2.45) is 0 Å². The molecule has 0 N–H and O–H groups in total. The summed E-state index contributed by atoms with van der Waals surface area (Å²) in [4.78, 5) is 28.5. The molecule has 8 nitrogen and oxygen atoms in total. The summed E-state index contributed by atoms with van der Waals surface area (Å²) in [7, 11) is 6.73. The molecule has 1 aromatic heterocycles. The number of anilines is 3. The lowest BCUT2D eigenvalue weighted by atomic mass is 9.77. The fourth-order valence-electron chi connectivity index (χ4n) is 7.83. The van der Waals surface area contributed by atoms with Crippen molar-refractivity contribution in [3.8, 4) is 0 Å². The Balaban J connectivity index is 2.16. The summed E-state index contributed by atoms with van der Waals surface area (Å²) < 4.78 is 0. The first-order valence-electron chi connectivity index (χ1n) is 17.4. The molecule has 2 saturated heterocycles. The van der Waals surface area contributed by atoms with E-state index in [2.05, 4.69) is 122 Å². The Morgan fingerprint density at radius 2 is 0.884 bits per heavy atom. The van der Waals surface area contributed by atoms with Gasteiger partial charge in [-0.1, -0.05) is 33.6 Å². The van der Waals surface area contributed by atoms with E-state index in [0.717, 1.165) is 95.3 Å². The first kappa shape index (κ1) is 35.8. The zero-order valence-corrected chi connectivity index (χ0v) is 30.7. The quantitative estimate of drug-likeness (QED) is 0.235. The largest absolute Gasteiger partial charge is 0.344 e. The van der Waals surface area contributed by atoms with E-state index in [1.807, 2.05) is 0 Å². The van der Waals surface area contributed by atoms with Crippen molar-refractivity contribution in [1.29, 1.82) is 0 Å². The number of hydrogen-bond donors (Lipinski definition) is 0. The second-order valence-electron chi connectivity index (χ2n) is 16.2. The molecule has 1 aromatic rings. The van der Waals surface area contributed by atoms with E-state index < -0.39 is 0 Å². The Morgan fingerprint density at radius 1 is 0.558 bits per heavy atom. The molecule has 0 aliphatic carbocycles. The number of likely N-dealkylation sites (tertiary alicyclic amines) is 2. The van der Waals surface area contributed by atoms with Crippen LogP contribution >= 0.6 is 0 Å². The third kappa shape index (κ3) is 8.14. The predicted molar refractivity (Wildman–Crippen MR) is 186 cm³/mol. The molecule has 43 heavy (non-hydrogen) atoms. The Bertz CT molecular complexity index is 926. The molecular formula is C35H68N8. The second-order valence-corrected chi connectivity index (χ2v) is 16.2. The molecule has 2 aliphatic heterocycles. The van der Waals surface area contributed by atoms with Crippen LogP contribution in [0.3, 0.4) is 0 Å². The van der Waals surface area contributed by atoms with Crippen LogP contribution in [0.2, 0.25) is 0 Å². The minimum atomic E-state index is 0.0903. The summed E-state index contributed by atoms with van der Waals surface area (Å²) in [5, 5.41) is 0. The maximum atomic E-state index is 5.44. The molecule has 3 heterocycles. The van der Waals surface area contributed by atoms with Crippen LogP contribution in [-0.4, -0.2) is 99.8 Å². The predicted octanol–water partition coefficient (Wildman–Crippen LogP) is 7.23. The molecule has 3 rings (SSSR count). The van der Waals surface area contributed by atoms with E-state index in [1.54, 1.807) is 0 Å². The second kappa shape index (κ2) is 13.8. The third-order valence-corrected chi connectivity index (χ3v) is 11.0. The monoisotopic (exact) mass is 601 g/mol. The lowest BCUT2D eigenvalue weighted by Crippen LogP contribution is -2.63. The van der Waals surface area contributed by atoms with Crippen LogP contribution in [0.4, 0.5) is 17.8 Å². The molecule has 0 aromatic carbocycles. The van der Waals surface area contributed by atoms with E-state index in [0.29, 0.717) is 12.1 Å². The molecule has 0 spiro atoms. The van der Waals surface area contributed by atoms with Crippen molar-refractivity contribution in [2.45, 2.75) is 168 Å². The molecular weight excluding hydrogens is 532 g/mol. The number of hydrogen-bond acceptors (Lipinski definition) is 8. The van der Waals surface area contributed by atoms with Crippen LogP contribution in [0.5, 0.6) is 0 Å². The normalized spacial score (nSPS) is 22.5. The minimum Gasteiger partial charge on any atom is -0.344 e. The summed E-state index contributed by atoms with van der Waals surface area (Å²) in [5.74, 6) is 2.54. The van der Waals surface area contributed by atoms with Crippen LogP contribution in [0.25, 0.3) is 0 Å². The highest BCUT2D eigenvalue weighted by Crippen LogP contribution is 2.42. The SMILES string of the molecule is CCCCN(c1nc(N(C)CCC)nc(N(CCCC)C2CC(C)(C)N(C)C(C)(C)C2)n1)C1CC(C)(C)N(C)C(C)(C)C1. The smallest absolute Gasteiger partial charge is 0.232 e.